The van der Waals surface area contributed by atoms with Crippen LogP contribution >= 0.6 is 0 Å². The summed E-state index contributed by atoms with van der Waals surface area (Å²) >= 11 is 0. The van der Waals surface area contributed by atoms with Crippen molar-refractivity contribution >= 4 is 23.0 Å². The van der Waals surface area contributed by atoms with Crippen LogP contribution in [0.2, 0.25) is 0 Å². The number of nitrogens with one attached hydrogen (secondary N) is 2. The summed E-state index contributed by atoms with van der Waals surface area (Å²) in [7, 11) is 0. The van der Waals surface area contributed by atoms with Gasteiger partial charge in [0.2, 0.25) is 0 Å². The number of rotatable bonds is 4. The maximum atomic E-state index is 11.3. The first-order valence-electron chi connectivity index (χ1n) is 6.04. The van der Waals surface area contributed by atoms with E-state index in [1.807, 2.05) is 0 Å². The number of carbonyl (C=O) groups excluding carboxylic acids is 1. The molecule has 0 unspecified atom stereocenters. The van der Waals surface area contributed by atoms with E-state index in [9.17, 15) is 14.9 Å². The number of nitro groups is 1. The summed E-state index contributed by atoms with van der Waals surface area (Å²) in [5, 5.41) is 16.6. The van der Waals surface area contributed by atoms with E-state index >= 15 is 0 Å². The highest BCUT2D eigenvalue weighted by Gasteiger charge is 2.24. The van der Waals surface area contributed by atoms with Crippen LogP contribution in [0.5, 0.6) is 5.75 Å². The molecule has 2 rings (SSSR count). The first kappa shape index (κ1) is 14.1. The van der Waals surface area contributed by atoms with E-state index in [4.69, 9.17) is 10.5 Å². The molecule has 1 amide bonds. The van der Waals surface area contributed by atoms with Crippen molar-refractivity contribution in [2.45, 2.75) is 19.4 Å². The summed E-state index contributed by atoms with van der Waals surface area (Å²) in [6.07, 6.45) is 0. The van der Waals surface area contributed by atoms with Gasteiger partial charge in [0.1, 0.15) is 5.69 Å². The molecule has 8 nitrogen and oxygen atoms in total. The average molecular weight is 280 g/mol. The van der Waals surface area contributed by atoms with Crippen molar-refractivity contribution in [2.75, 3.05) is 23.8 Å². The highest BCUT2D eigenvalue weighted by molar-refractivity contribution is 5.96. The lowest BCUT2D eigenvalue weighted by molar-refractivity contribution is -0.384. The Morgan fingerprint density at radius 3 is 2.85 bits per heavy atom. The molecule has 8 heteroatoms. The van der Waals surface area contributed by atoms with Gasteiger partial charge in [-0.05, 0) is 19.9 Å². The van der Waals surface area contributed by atoms with Gasteiger partial charge in [0.25, 0.3) is 11.6 Å². The molecule has 0 spiro atoms. The lowest BCUT2D eigenvalue weighted by Gasteiger charge is -2.22. The van der Waals surface area contributed by atoms with Crippen LogP contribution in [0.15, 0.2) is 12.1 Å². The van der Waals surface area contributed by atoms with Crippen molar-refractivity contribution in [3.8, 4) is 5.75 Å². The van der Waals surface area contributed by atoms with Crippen molar-refractivity contribution in [1.29, 1.82) is 0 Å². The summed E-state index contributed by atoms with van der Waals surface area (Å²) in [6.45, 7) is 3.80. The first-order valence-corrected chi connectivity index (χ1v) is 6.04. The van der Waals surface area contributed by atoms with Gasteiger partial charge in [-0.1, -0.05) is 0 Å². The fourth-order valence-corrected chi connectivity index (χ4v) is 1.73. The van der Waals surface area contributed by atoms with Crippen LogP contribution in [-0.2, 0) is 4.79 Å². The molecule has 1 aromatic rings. The minimum Gasteiger partial charge on any atom is -0.481 e. The van der Waals surface area contributed by atoms with E-state index in [1.54, 1.807) is 13.8 Å². The number of ether oxygens (including phenoxy) is 1. The molecule has 1 aromatic carbocycles. The van der Waals surface area contributed by atoms with Gasteiger partial charge < -0.3 is 21.1 Å². The Morgan fingerprint density at radius 2 is 2.25 bits per heavy atom. The highest BCUT2D eigenvalue weighted by Crippen LogP contribution is 2.37. The fourth-order valence-electron chi connectivity index (χ4n) is 1.73. The molecule has 0 fully saturated rings. The molecule has 0 radical (unpaired) electrons. The van der Waals surface area contributed by atoms with E-state index in [1.165, 1.54) is 12.1 Å². The SMILES string of the molecule is CC(C)(N)CNc1cc2c(cc1[N+](=O)[O-])OCC(=O)N2. The summed E-state index contributed by atoms with van der Waals surface area (Å²) in [5.41, 5.74) is 5.89. The molecule has 1 heterocycles. The normalized spacial score (nSPS) is 14.1. The lowest BCUT2D eigenvalue weighted by Crippen LogP contribution is -2.39. The van der Waals surface area contributed by atoms with Gasteiger partial charge in [-0.2, -0.15) is 0 Å². The molecule has 1 aliphatic heterocycles. The van der Waals surface area contributed by atoms with Crippen molar-refractivity contribution in [3.05, 3.63) is 22.2 Å². The minimum absolute atomic E-state index is 0.121. The van der Waals surface area contributed by atoms with Gasteiger partial charge in [-0.25, -0.2) is 0 Å². The van der Waals surface area contributed by atoms with E-state index in [-0.39, 0.29) is 29.6 Å². The largest absolute Gasteiger partial charge is 0.481 e. The number of hydrogen-bond donors (Lipinski definition) is 3. The third-order valence-electron chi connectivity index (χ3n) is 2.66. The Labute approximate surface area is 115 Å². The summed E-state index contributed by atoms with van der Waals surface area (Å²) < 4.78 is 5.16. The molecule has 4 N–H and O–H groups in total. The van der Waals surface area contributed by atoms with Crippen molar-refractivity contribution in [2.24, 2.45) is 5.73 Å². The Balaban J connectivity index is 2.35. The second-order valence-electron chi connectivity index (χ2n) is 5.30. The predicted octanol–water partition coefficient (Wildman–Crippen LogP) is 1.07. The zero-order valence-corrected chi connectivity index (χ0v) is 11.2. The zero-order valence-electron chi connectivity index (χ0n) is 11.2. The number of anilines is 2. The molecule has 0 aromatic heterocycles. The Kier molecular flexibility index (Phi) is 3.49. The number of fused-ring (bicyclic) bond motifs is 1. The molecule has 0 bridgehead atoms. The van der Waals surface area contributed by atoms with Crippen LogP contribution in [-0.4, -0.2) is 29.5 Å². The first-order chi connectivity index (χ1) is 9.26. The van der Waals surface area contributed by atoms with Crippen molar-refractivity contribution in [1.82, 2.24) is 0 Å². The predicted molar refractivity (Wildman–Crippen MR) is 74.0 cm³/mol. The molecule has 0 aliphatic carbocycles. The maximum Gasteiger partial charge on any atom is 0.296 e. The molecule has 1 aliphatic rings. The van der Waals surface area contributed by atoms with Crippen LogP contribution in [0.4, 0.5) is 17.1 Å². The molecule has 108 valence electrons. The quantitative estimate of drug-likeness (QED) is 0.560. The Morgan fingerprint density at radius 1 is 1.55 bits per heavy atom. The average Bonchev–Trinajstić information content (AvgIpc) is 2.34. The van der Waals surface area contributed by atoms with Crippen LogP contribution in [0.3, 0.4) is 0 Å². The van der Waals surface area contributed by atoms with Gasteiger partial charge in [-0.15, -0.1) is 0 Å². The van der Waals surface area contributed by atoms with Gasteiger partial charge in [0.05, 0.1) is 16.7 Å². The maximum absolute atomic E-state index is 11.3. The third-order valence-corrected chi connectivity index (χ3v) is 2.66. The van der Waals surface area contributed by atoms with Crippen molar-refractivity contribution in [3.63, 3.8) is 0 Å². The van der Waals surface area contributed by atoms with Gasteiger partial charge >= 0.3 is 0 Å². The van der Waals surface area contributed by atoms with Crippen LogP contribution in [0, 0.1) is 10.1 Å². The summed E-state index contributed by atoms with van der Waals surface area (Å²) in [5.74, 6) is -0.00897. The molecular formula is C12H16N4O4. The van der Waals surface area contributed by atoms with Crippen molar-refractivity contribution < 1.29 is 14.5 Å². The number of nitro benzene ring substituents is 1. The Hall–Kier alpha value is -2.35. The number of benzene rings is 1. The topological polar surface area (TPSA) is 120 Å². The second-order valence-corrected chi connectivity index (χ2v) is 5.30. The number of amides is 1. The monoisotopic (exact) mass is 280 g/mol. The van der Waals surface area contributed by atoms with E-state index < -0.39 is 10.5 Å². The van der Waals surface area contributed by atoms with E-state index in [0.29, 0.717) is 12.2 Å². The number of hydrogen-bond acceptors (Lipinski definition) is 6. The summed E-state index contributed by atoms with van der Waals surface area (Å²) in [4.78, 5) is 21.8. The Bertz CT molecular complexity index is 565. The van der Waals surface area contributed by atoms with Crippen LogP contribution < -0.4 is 21.1 Å². The smallest absolute Gasteiger partial charge is 0.296 e. The zero-order chi connectivity index (χ0) is 14.9. The standard InChI is InChI=1S/C12H16N4O4/c1-12(2,13)6-14-7-3-8-10(4-9(7)16(18)19)20-5-11(17)15-8/h3-4,14H,5-6,13H2,1-2H3,(H,15,17). The van der Waals surface area contributed by atoms with Crippen LogP contribution in [0.1, 0.15) is 13.8 Å². The lowest BCUT2D eigenvalue weighted by atomic mass is 10.1. The van der Waals surface area contributed by atoms with Gasteiger partial charge in [-0.3, -0.25) is 14.9 Å². The molecule has 0 saturated heterocycles. The fraction of sp³-hybridized carbons (Fsp3) is 0.417. The minimum atomic E-state index is -0.524. The molecule has 0 saturated carbocycles. The molecule has 20 heavy (non-hydrogen) atoms. The van der Waals surface area contributed by atoms with Crippen LogP contribution in [0.25, 0.3) is 0 Å². The van der Waals surface area contributed by atoms with E-state index in [2.05, 4.69) is 10.6 Å². The highest BCUT2D eigenvalue weighted by atomic mass is 16.6. The third kappa shape index (κ3) is 3.15. The van der Waals surface area contributed by atoms with Gasteiger partial charge in [0, 0.05) is 12.1 Å². The summed E-state index contributed by atoms with van der Waals surface area (Å²) in [6, 6.07) is 2.77. The van der Waals surface area contributed by atoms with E-state index in [0.717, 1.165) is 0 Å². The number of nitrogens with zero attached hydrogens (tertiary/aromatic N) is 1. The number of nitrogens with two attached hydrogens (primary N) is 1. The second kappa shape index (κ2) is 4.97. The molecule has 0 atom stereocenters. The number of carbonyl (C=O) groups is 1. The van der Waals surface area contributed by atoms with Gasteiger partial charge in [0.15, 0.2) is 12.4 Å². The molecular weight excluding hydrogens is 264 g/mol.